The monoisotopic (exact) mass is 646 g/mol. The van der Waals surface area contributed by atoms with Crippen molar-refractivity contribution in [1.82, 2.24) is 10.1 Å². The van der Waals surface area contributed by atoms with Crippen LogP contribution in [0.15, 0.2) is 0 Å². The summed E-state index contributed by atoms with van der Waals surface area (Å²) in [4.78, 5) is 50.0. The third-order valence-corrected chi connectivity index (χ3v) is 8.07. The summed E-state index contributed by atoms with van der Waals surface area (Å²) in [7, 11) is 0. The number of carboxylic acids is 1. The van der Waals surface area contributed by atoms with Crippen molar-refractivity contribution >= 4 is 17.9 Å². The van der Waals surface area contributed by atoms with Gasteiger partial charge in [-0.3, -0.25) is 19.3 Å². The van der Waals surface area contributed by atoms with Crippen LogP contribution in [0.4, 0.5) is 0 Å². The number of ether oxygens (including phenoxy) is 2. The molecule has 13 heteroatoms. The van der Waals surface area contributed by atoms with Crippen molar-refractivity contribution in [2.45, 2.75) is 173 Å². The number of carbonyl (C=O) groups excluding carboxylic acids is 2. The lowest BCUT2D eigenvalue weighted by atomic mass is 9.80. The summed E-state index contributed by atoms with van der Waals surface area (Å²) < 4.78 is 11.3. The molecule has 2 saturated heterocycles. The highest BCUT2D eigenvalue weighted by Crippen LogP contribution is 2.42. The van der Waals surface area contributed by atoms with Crippen molar-refractivity contribution in [3.63, 3.8) is 0 Å². The normalized spacial score (nSPS) is 23.0. The molecule has 0 saturated carbocycles. The molecule has 13 nitrogen and oxygen atoms in total. The SMILES string of the molecule is CC(C)(O)CON1C(C)(C)CC(OC(=O)CC(O)(CC(=O)OC2CC(C)(C)N(OCC(C)(C)O)C(C)(C)C2)C(=O)O)CC1(C)C. The van der Waals surface area contributed by atoms with E-state index < -0.39 is 81.9 Å². The van der Waals surface area contributed by atoms with Crippen molar-refractivity contribution in [1.29, 1.82) is 0 Å². The molecule has 0 radical (unpaired) electrons. The zero-order chi connectivity index (χ0) is 35.0. The van der Waals surface area contributed by atoms with Crippen LogP contribution in [0.2, 0.25) is 0 Å². The van der Waals surface area contributed by atoms with Crippen LogP contribution in [-0.4, -0.2) is 113 Å². The average molecular weight is 647 g/mol. The maximum Gasteiger partial charge on any atom is 0.336 e. The first kappa shape index (κ1) is 39.3. The van der Waals surface area contributed by atoms with E-state index in [1.54, 1.807) is 37.8 Å². The number of rotatable bonds is 13. The molecule has 0 spiro atoms. The van der Waals surface area contributed by atoms with Gasteiger partial charge in [0.1, 0.15) is 12.2 Å². The molecule has 262 valence electrons. The minimum absolute atomic E-state index is 0.0655. The van der Waals surface area contributed by atoms with E-state index >= 15 is 0 Å². The molecular formula is C32H58N2O11. The molecule has 4 N–H and O–H groups in total. The van der Waals surface area contributed by atoms with Gasteiger partial charge in [0.15, 0.2) is 5.60 Å². The van der Waals surface area contributed by atoms with E-state index in [1.165, 1.54) is 0 Å². The molecule has 2 aliphatic heterocycles. The highest BCUT2D eigenvalue weighted by molar-refractivity contribution is 5.89. The molecule has 2 heterocycles. The molecule has 0 amide bonds. The number of esters is 2. The predicted octanol–water partition coefficient (Wildman–Crippen LogP) is 3.12. The van der Waals surface area contributed by atoms with Crippen LogP contribution in [0.3, 0.4) is 0 Å². The fraction of sp³-hybridized carbons (Fsp3) is 0.906. The smallest absolute Gasteiger partial charge is 0.336 e. The number of hydrogen-bond acceptors (Lipinski definition) is 12. The summed E-state index contributed by atoms with van der Waals surface area (Å²) in [6.45, 7) is 22.0. The summed E-state index contributed by atoms with van der Waals surface area (Å²) in [5.41, 5.74) is -7.26. The number of carboxylic acid groups (broad SMARTS) is 1. The van der Waals surface area contributed by atoms with Crippen LogP contribution in [0.5, 0.6) is 0 Å². The first-order chi connectivity index (χ1) is 20.0. The van der Waals surface area contributed by atoms with Gasteiger partial charge in [0.05, 0.1) is 37.3 Å². The quantitative estimate of drug-likeness (QED) is 0.215. The van der Waals surface area contributed by atoms with E-state index in [0.29, 0.717) is 25.7 Å². The first-order valence-electron chi connectivity index (χ1n) is 15.6. The third kappa shape index (κ3) is 11.1. The van der Waals surface area contributed by atoms with Crippen molar-refractivity contribution in [3.8, 4) is 0 Å². The Hall–Kier alpha value is -1.87. The van der Waals surface area contributed by atoms with Crippen LogP contribution in [0.25, 0.3) is 0 Å². The lowest BCUT2D eigenvalue weighted by Gasteiger charge is -2.53. The standard InChI is InChI=1S/C32H58N2O11/c1-26(2)13-21(14-27(3,4)33(26)42-19-30(9,10)39)44-23(35)17-32(41,25(37)38)18-24(36)45-22-15-28(5,6)34(29(7,8)16-22)43-20-31(11,12)40/h21-22,39-41H,13-20H2,1-12H3,(H,37,38). The minimum Gasteiger partial charge on any atom is -0.479 e. The molecule has 0 aromatic carbocycles. The van der Waals surface area contributed by atoms with Gasteiger partial charge in [-0.25, -0.2) is 4.79 Å². The zero-order valence-corrected chi connectivity index (χ0v) is 29.4. The summed E-state index contributed by atoms with van der Waals surface area (Å²) in [6, 6.07) is 0. The van der Waals surface area contributed by atoms with Gasteiger partial charge in [-0.05, 0) is 83.1 Å². The molecule has 2 fully saturated rings. The highest BCUT2D eigenvalue weighted by atomic mass is 16.7. The second kappa shape index (κ2) is 13.3. The predicted molar refractivity (Wildman–Crippen MR) is 165 cm³/mol. The second-order valence-electron chi connectivity index (χ2n) is 16.7. The Morgan fingerprint density at radius 2 is 0.889 bits per heavy atom. The highest BCUT2D eigenvalue weighted by Gasteiger charge is 2.51. The van der Waals surface area contributed by atoms with Gasteiger partial charge in [-0.1, -0.05) is 0 Å². The molecule has 0 unspecified atom stereocenters. The Bertz CT molecular complexity index is 962. The van der Waals surface area contributed by atoms with Gasteiger partial charge in [0, 0.05) is 47.8 Å². The van der Waals surface area contributed by atoms with Crippen molar-refractivity contribution in [2.24, 2.45) is 0 Å². The molecule has 45 heavy (non-hydrogen) atoms. The summed E-state index contributed by atoms with van der Waals surface area (Å²) in [6.07, 6.45) is -1.68. The van der Waals surface area contributed by atoms with Crippen LogP contribution in [0, 0.1) is 0 Å². The Kier molecular flexibility index (Phi) is 11.6. The van der Waals surface area contributed by atoms with Crippen LogP contribution in [0.1, 0.15) is 122 Å². The maximum absolute atomic E-state index is 13.0. The van der Waals surface area contributed by atoms with E-state index in [2.05, 4.69) is 0 Å². The fourth-order valence-electron chi connectivity index (χ4n) is 6.80. The van der Waals surface area contributed by atoms with E-state index in [4.69, 9.17) is 19.1 Å². The zero-order valence-electron chi connectivity index (χ0n) is 29.4. The van der Waals surface area contributed by atoms with Crippen molar-refractivity contribution in [3.05, 3.63) is 0 Å². The number of hydrogen-bond donors (Lipinski definition) is 4. The van der Waals surface area contributed by atoms with Gasteiger partial charge < -0.3 is 29.9 Å². The second-order valence-corrected chi connectivity index (χ2v) is 16.7. The molecule has 0 aromatic heterocycles. The summed E-state index contributed by atoms with van der Waals surface area (Å²) in [5, 5.41) is 44.6. The number of nitrogens with zero attached hydrogens (tertiary/aromatic N) is 2. The molecule has 0 aliphatic carbocycles. The topological polar surface area (TPSA) is 176 Å². The van der Waals surface area contributed by atoms with Gasteiger partial charge in [0.25, 0.3) is 0 Å². The summed E-state index contributed by atoms with van der Waals surface area (Å²) in [5.74, 6) is -3.63. The van der Waals surface area contributed by atoms with Gasteiger partial charge in [-0.2, -0.15) is 10.1 Å². The van der Waals surface area contributed by atoms with Crippen LogP contribution < -0.4 is 0 Å². The Labute approximate surface area is 268 Å². The van der Waals surface area contributed by atoms with E-state index in [-0.39, 0.29) is 13.2 Å². The molecule has 0 atom stereocenters. The molecular weight excluding hydrogens is 588 g/mol. The number of aliphatic hydroxyl groups is 3. The lowest BCUT2D eigenvalue weighted by molar-refractivity contribution is -0.306. The van der Waals surface area contributed by atoms with E-state index in [0.717, 1.165) is 0 Å². The Morgan fingerprint density at radius 3 is 1.11 bits per heavy atom. The lowest BCUT2D eigenvalue weighted by Crippen LogP contribution is -2.62. The summed E-state index contributed by atoms with van der Waals surface area (Å²) >= 11 is 0. The number of piperidine rings is 2. The number of aliphatic carboxylic acids is 1. The van der Waals surface area contributed by atoms with Crippen LogP contribution in [-0.2, 0) is 33.5 Å². The van der Waals surface area contributed by atoms with E-state index in [1.807, 2.05) is 55.4 Å². The Morgan fingerprint density at radius 1 is 0.622 bits per heavy atom. The first-order valence-corrected chi connectivity index (χ1v) is 15.6. The third-order valence-electron chi connectivity index (χ3n) is 8.07. The minimum atomic E-state index is -2.72. The molecule has 0 aromatic rings. The maximum atomic E-state index is 13.0. The molecule has 2 aliphatic rings. The van der Waals surface area contributed by atoms with E-state index in [9.17, 15) is 34.8 Å². The Balaban J connectivity index is 2.05. The fourth-order valence-corrected chi connectivity index (χ4v) is 6.80. The molecule has 0 bridgehead atoms. The van der Waals surface area contributed by atoms with Gasteiger partial charge in [0.2, 0.25) is 0 Å². The van der Waals surface area contributed by atoms with Gasteiger partial charge >= 0.3 is 17.9 Å². The average Bonchev–Trinajstić information content (AvgIpc) is 2.73. The molecule has 2 rings (SSSR count). The van der Waals surface area contributed by atoms with Crippen molar-refractivity contribution in [2.75, 3.05) is 13.2 Å². The number of carbonyl (C=O) groups is 3. The van der Waals surface area contributed by atoms with Crippen LogP contribution >= 0.6 is 0 Å². The largest absolute Gasteiger partial charge is 0.479 e. The van der Waals surface area contributed by atoms with Crippen molar-refractivity contribution < 1.29 is 54.0 Å². The number of hydroxylamine groups is 4. The van der Waals surface area contributed by atoms with Gasteiger partial charge in [-0.15, -0.1) is 0 Å².